The maximum Gasteiger partial charge on any atom is 0.306 e. The molecule has 0 saturated heterocycles. The van der Waals surface area contributed by atoms with Gasteiger partial charge in [0.15, 0.2) is 6.10 Å². The molecule has 0 fully saturated rings. The molecule has 0 aliphatic carbocycles. The zero-order chi connectivity index (χ0) is 47.7. The molecule has 0 aromatic carbocycles. The van der Waals surface area contributed by atoms with Gasteiger partial charge in [0.25, 0.3) is 0 Å². The lowest BCUT2D eigenvalue weighted by Crippen LogP contribution is -2.28. The number of aliphatic hydroxyl groups excluding tert-OH is 1. The second-order valence-electron chi connectivity index (χ2n) is 17.2. The van der Waals surface area contributed by atoms with Crippen LogP contribution >= 0.6 is 0 Å². The Morgan fingerprint density at radius 1 is 0.364 bits per heavy atom. The van der Waals surface area contributed by atoms with E-state index < -0.39 is 6.10 Å². The predicted octanol–water partition coefficient (Wildman–Crippen LogP) is 18.1. The van der Waals surface area contributed by atoms with Crippen LogP contribution in [0.3, 0.4) is 0 Å². The van der Waals surface area contributed by atoms with Gasteiger partial charge >= 0.3 is 11.9 Å². The van der Waals surface area contributed by atoms with Crippen LogP contribution in [0.25, 0.3) is 0 Å². The highest BCUT2D eigenvalue weighted by atomic mass is 16.6. The van der Waals surface area contributed by atoms with Crippen molar-refractivity contribution in [3.63, 3.8) is 0 Å². The number of unbranched alkanes of at least 4 members (excludes halogenated alkanes) is 17. The quantitative estimate of drug-likeness (QED) is 0.0374. The Kier molecular flexibility index (Phi) is 52.0. The van der Waals surface area contributed by atoms with Gasteiger partial charge in [0.1, 0.15) is 6.61 Å². The van der Waals surface area contributed by atoms with Crippen LogP contribution < -0.4 is 0 Å². The van der Waals surface area contributed by atoms with Crippen molar-refractivity contribution in [1.29, 1.82) is 0 Å². The first-order valence-corrected chi connectivity index (χ1v) is 26.7. The largest absolute Gasteiger partial charge is 0.462 e. The third-order valence-electron chi connectivity index (χ3n) is 11.0. The predicted molar refractivity (Wildman–Crippen MR) is 288 cm³/mol. The third kappa shape index (κ3) is 52.7. The van der Waals surface area contributed by atoms with Crippen LogP contribution in [0.15, 0.2) is 134 Å². The Labute approximate surface area is 406 Å². The van der Waals surface area contributed by atoms with E-state index in [2.05, 4.69) is 148 Å². The van der Waals surface area contributed by atoms with Crippen LogP contribution in [0.4, 0.5) is 0 Å². The Hall–Kier alpha value is -3.96. The molecule has 1 unspecified atom stereocenters. The zero-order valence-electron chi connectivity index (χ0n) is 42.4. The van der Waals surface area contributed by atoms with E-state index >= 15 is 0 Å². The molecule has 1 atom stereocenters. The fourth-order valence-electron chi connectivity index (χ4n) is 6.97. The first kappa shape index (κ1) is 62.0. The molecule has 372 valence electrons. The minimum Gasteiger partial charge on any atom is -0.462 e. The van der Waals surface area contributed by atoms with Crippen molar-refractivity contribution in [2.75, 3.05) is 13.2 Å². The summed E-state index contributed by atoms with van der Waals surface area (Å²) >= 11 is 0. The monoisotopic (exact) mass is 911 g/mol. The molecule has 0 aliphatic rings. The van der Waals surface area contributed by atoms with Gasteiger partial charge in [0, 0.05) is 12.8 Å². The van der Waals surface area contributed by atoms with Crippen molar-refractivity contribution in [2.45, 2.75) is 225 Å². The topological polar surface area (TPSA) is 72.8 Å². The van der Waals surface area contributed by atoms with E-state index in [4.69, 9.17) is 9.47 Å². The van der Waals surface area contributed by atoms with Crippen molar-refractivity contribution in [1.82, 2.24) is 0 Å². The first-order chi connectivity index (χ1) is 32.6. The molecule has 0 amide bonds. The normalized spacial score (nSPS) is 13.3. The summed E-state index contributed by atoms with van der Waals surface area (Å²) in [5.74, 6) is -0.634. The van der Waals surface area contributed by atoms with Crippen molar-refractivity contribution < 1.29 is 24.2 Å². The summed E-state index contributed by atoms with van der Waals surface area (Å²) in [5, 5.41) is 9.61. The highest BCUT2D eigenvalue weighted by Crippen LogP contribution is 2.14. The number of allylic oxidation sites excluding steroid dienone is 22. The molecule has 1 N–H and O–H groups in total. The summed E-state index contributed by atoms with van der Waals surface area (Å²) in [7, 11) is 0. The lowest BCUT2D eigenvalue weighted by molar-refractivity contribution is -0.161. The first-order valence-electron chi connectivity index (χ1n) is 26.7. The molecule has 0 spiro atoms. The molecule has 5 heteroatoms. The van der Waals surface area contributed by atoms with Gasteiger partial charge in [-0.2, -0.15) is 0 Å². The van der Waals surface area contributed by atoms with E-state index in [0.29, 0.717) is 12.8 Å². The number of carbonyl (C=O) groups is 2. The smallest absolute Gasteiger partial charge is 0.306 e. The molecular formula is C61H98O5. The number of carbonyl (C=O) groups excluding carboxylic acids is 2. The molecule has 0 aliphatic heterocycles. The summed E-state index contributed by atoms with van der Waals surface area (Å²) in [6.45, 7) is 4.00. The third-order valence-corrected chi connectivity index (χ3v) is 11.0. The lowest BCUT2D eigenvalue weighted by Gasteiger charge is -2.15. The minimum atomic E-state index is -0.797. The van der Waals surface area contributed by atoms with Gasteiger partial charge in [-0.05, 0) is 96.3 Å². The minimum absolute atomic E-state index is 0.0849. The Morgan fingerprint density at radius 2 is 0.652 bits per heavy atom. The summed E-state index contributed by atoms with van der Waals surface area (Å²) in [6.07, 6.45) is 82.6. The van der Waals surface area contributed by atoms with Crippen LogP contribution in [-0.2, 0) is 19.1 Å². The average Bonchev–Trinajstić information content (AvgIpc) is 3.32. The number of hydrogen-bond donors (Lipinski definition) is 1. The molecule has 0 heterocycles. The van der Waals surface area contributed by atoms with Crippen molar-refractivity contribution in [3.05, 3.63) is 134 Å². The highest BCUT2D eigenvalue weighted by Gasteiger charge is 2.16. The molecular weight excluding hydrogens is 813 g/mol. The average molecular weight is 911 g/mol. The number of esters is 2. The highest BCUT2D eigenvalue weighted by molar-refractivity contribution is 5.70. The summed E-state index contributed by atoms with van der Waals surface area (Å²) in [5.41, 5.74) is 0. The van der Waals surface area contributed by atoms with E-state index in [1.54, 1.807) is 0 Å². The van der Waals surface area contributed by atoms with E-state index in [0.717, 1.165) is 116 Å². The maximum absolute atomic E-state index is 12.3. The second-order valence-corrected chi connectivity index (χ2v) is 17.2. The number of rotatable bonds is 47. The van der Waals surface area contributed by atoms with Crippen LogP contribution in [0.2, 0.25) is 0 Å². The second kappa shape index (κ2) is 55.4. The SMILES string of the molecule is CC/C=C\C/C=C\C/C=C\C/C=C\C/C=C\C/C=C\C/C=C\C/C=C\C/C=C\C/C=C\C/C=C\CCCCCC(=O)OC(CO)COC(=O)CCCCCCCCCCCCCCCCC. The van der Waals surface area contributed by atoms with Crippen molar-refractivity contribution in [3.8, 4) is 0 Å². The molecule has 0 aromatic heterocycles. The fourth-order valence-corrected chi connectivity index (χ4v) is 6.97. The fraction of sp³-hybridized carbons (Fsp3) is 0.607. The Bertz CT molecular complexity index is 1400. The van der Waals surface area contributed by atoms with E-state index in [9.17, 15) is 14.7 Å². The molecule has 0 rings (SSSR count). The van der Waals surface area contributed by atoms with Gasteiger partial charge in [-0.15, -0.1) is 0 Å². The molecule has 0 bridgehead atoms. The standard InChI is InChI=1S/C61H98O5/c1-3-5-7-9-11-13-15-17-19-20-21-22-23-24-25-26-27-28-29-30-31-32-33-34-35-36-37-38-39-40-42-44-46-48-50-52-54-56-61(64)66-59(57-62)58-65-60(63)55-53-51-49-47-45-43-41-18-16-14-12-10-8-6-4-2/h5,7,11,13,17,19,21-22,24-25,27-28,30-31,33-34,36-37,39-40,44,46,59,62H,3-4,6,8-10,12,14-16,18,20,23,26,29,32,35,38,41-43,45,47-58H2,1-2H3/b7-5-,13-11-,19-17-,22-21-,25-24-,28-27-,31-30-,34-33-,37-36-,40-39-,46-44-. The van der Waals surface area contributed by atoms with Crippen LogP contribution in [0.5, 0.6) is 0 Å². The van der Waals surface area contributed by atoms with E-state index in [1.165, 1.54) is 77.0 Å². The van der Waals surface area contributed by atoms with Gasteiger partial charge < -0.3 is 14.6 Å². The van der Waals surface area contributed by atoms with Gasteiger partial charge in [0.2, 0.25) is 0 Å². The molecule has 0 aromatic rings. The summed E-state index contributed by atoms with van der Waals surface area (Å²) < 4.78 is 10.6. The molecule has 0 radical (unpaired) electrons. The van der Waals surface area contributed by atoms with Crippen LogP contribution in [0.1, 0.15) is 219 Å². The van der Waals surface area contributed by atoms with Gasteiger partial charge in [0.05, 0.1) is 6.61 Å². The lowest BCUT2D eigenvalue weighted by atomic mass is 10.0. The van der Waals surface area contributed by atoms with Crippen molar-refractivity contribution >= 4 is 11.9 Å². The van der Waals surface area contributed by atoms with E-state index in [-0.39, 0.29) is 25.2 Å². The number of ether oxygens (including phenoxy) is 2. The summed E-state index contributed by atoms with van der Waals surface area (Å²) in [6, 6.07) is 0. The van der Waals surface area contributed by atoms with Crippen LogP contribution in [-0.4, -0.2) is 36.4 Å². The van der Waals surface area contributed by atoms with Crippen molar-refractivity contribution in [2.24, 2.45) is 0 Å². The van der Waals surface area contributed by atoms with Gasteiger partial charge in [-0.1, -0.05) is 244 Å². The molecule has 5 nitrogen and oxygen atoms in total. The Balaban J connectivity index is 3.68. The van der Waals surface area contributed by atoms with Gasteiger partial charge in [-0.3, -0.25) is 9.59 Å². The molecule has 66 heavy (non-hydrogen) atoms. The zero-order valence-corrected chi connectivity index (χ0v) is 42.4. The van der Waals surface area contributed by atoms with Gasteiger partial charge in [-0.25, -0.2) is 0 Å². The maximum atomic E-state index is 12.3. The Morgan fingerprint density at radius 3 is 0.985 bits per heavy atom. The number of aliphatic hydroxyl groups is 1. The molecule has 0 saturated carbocycles. The summed E-state index contributed by atoms with van der Waals surface area (Å²) in [4.78, 5) is 24.4. The number of hydrogen-bond acceptors (Lipinski definition) is 5. The van der Waals surface area contributed by atoms with Crippen LogP contribution in [0, 0.1) is 0 Å². The van der Waals surface area contributed by atoms with E-state index in [1.807, 2.05) is 0 Å².